The predicted molar refractivity (Wildman–Crippen MR) is 143 cm³/mol. The van der Waals surface area contributed by atoms with Crippen molar-refractivity contribution in [1.29, 1.82) is 0 Å². The van der Waals surface area contributed by atoms with Gasteiger partial charge >= 0.3 is 68.8 Å². The molecule has 0 heterocycles. The maximum atomic E-state index is 8.69. The van der Waals surface area contributed by atoms with Crippen LogP contribution in [0.5, 0.6) is 0 Å². The van der Waals surface area contributed by atoms with Crippen molar-refractivity contribution in [3.8, 4) is 0 Å². The van der Waals surface area contributed by atoms with Gasteiger partial charge in [-0.2, -0.15) is 0 Å². The van der Waals surface area contributed by atoms with Gasteiger partial charge in [-0.25, -0.2) is 0 Å². The van der Waals surface area contributed by atoms with E-state index in [9.17, 15) is 0 Å². The van der Waals surface area contributed by atoms with E-state index in [1.54, 1.807) is 13.8 Å². The van der Waals surface area contributed by atoms with Crippen LogP contribution in [0.3, 0.4) is 0 Å². The summed E-state index contributed by atoms with van der Waals surface area (Å²) in [4.78, 5) is 174. The molecule has 2 unspecified atom stereocenters. The van der Waals surface area contributed by atoms with Crippen LogP contribution in [0.15, 0.2) is 0 Å². The Bertz CT molecular complexity index is 273. The molecular weight excluding hydrogens is 752 g/mol. The zero-order chi connectivity index (χ0) is 35.9. The molecule has 0 bridgehead atoms. The Balaban J connectivity index is -0.0000000411. The molecule has 0 aromatic rings. The first kappa shape index (κ1) is 65.9. The normalized spacial score (nSPS) is 10.8. The van der Waals surface area contributed by atoms with Crippen LogP contribution in [0.25, 0.3) is 0 Å². The molecule has 0 aliphatic carbocycles. The van der Waals surface area contributed by atoms with Gasteiger partial charge in [0, 0.05) is 0 Å². The van der Waals surface area contributed by atoms with E-state index in [0.29, 0.717) is 6.61 Å². The van der Waals surface area contributed by atoms with Crippen molar-refractivity contribution < 1.29 is 132 Å². The lowest BCUT2D eigenvalue weighted by molar-refractivity contribution is -0.0177. The van der Waals surface area contributed by atoms with E-state index in [-0.39, 0.29) is 12.7 Å². The molecule has 0 spiro atoms. The molecular formula is C6H38O27P8. The van der Waals surface area contributed by atoms with Crippen LogP contribution in [0.2, 0.25) is 0 Å². The molecule has 41 heavy (non-hydrogen) atoms. The third-order valence-corrected chi connectivity index (χ3v) is 0.879. The highest BCUT2D eigenvalue weighted by Gasteiger charge is 2.00. The van der Waals surface area contributed by atoms with Crippen molar-refractivity contribution in [2.75, 3.05) is 13.2 Å². The highest BCUT2D eigenvalue weighted by Crippen LogP contribution is 2.14. The molecule has 0 aromatic carbocycles. The molecule has 26 N–H and O–H groups in total. The number of hydrogen-bond donors (Lipinski definition) is 26. The van der Waals surface area contributed by atoms with Crippen molar-refractivity contribution in [1.82, 2.24) is 0 Å². The standard InChI is InChI=1S/C6H14O3.8H3O3P/c1-5(8)4-9-6(2)3-7;8*1-4(2)3/h5-8H,3-4H2,1-2H3;8*1-3H. The SMILES string of the molecule is CC(O)COC(C)CO.OP(O)O.OP(O)O.OP(O)O.OP(O)O.OP(O)O.OP(O)O.OP(O)O.OP(O)O. The van der Waals surface area contributed by atoms with Gasteiger partial charge in [-0.3, -0.25) is 0 Å². The molecule has 2 atom stereocenters. The van der Waals surface area contributed by atoms with Crippen LogP contribution in [0.4, 0.5) is 0 Å². The maximum Gasteiger partial charge on any atom is 0.324 e. The lowest BCUT2D eigenvalue weighted by Gasteiger charge is -2.10. The fourth-order valence-electron chi connectivity index (χ4n) is 0.356. The summed E-state index contributed by atoms with van der Waals surface area (Å²) >= 11 is 0. The summed E-state index contributed by atoms with van der Waals surface area (Å²) in [5, 5.41) is 17.1. The first-order valence-electron chi connectivity index (χ1n) is 7.87. The third kappa shape index (κ3) is 788. The minimum Gasteiger partial charge on any atom is -0.394 e. The van der Waals surface area contributed by atoms with E-state index in [1.165, 1.54) is 0 Å². The summed E-state index contributed by atoms with van der Waals surface area (Å²) in [6, 6.07) is 0. The zero-order valence-electron chi connectivity index (χ0n) is 20.2. The molecule has 35 heteroatoms. The minimum atomic E-state index is -2.62. The van der Waals surface area contributed by atoms with Gasteiger partial charge in [-0.05, 0) is 13.8 Å². The Labute approximate surface area is 240 Å². The van der Waals surface area contributed by atoms with Crippen LogP contribution < -0.4 is 0 Å². The first-order valence-corrected chi connectivity index (χ1v) is 17.5. The molecule has 0 radical (unpaired) electrons. The Morgan fingerprint density at radius 1 is 0.390 bits per heavy atom. The van der Waals surface area contributed by atoms with Gasteiger partial charge in [-0.15, -0.1) is 0 Å². The summed E-state index contributed by atoms with van der Waals surface area (Å²) in [5.74, 6) is 0. The Hall–Kier alpha value is 2.36. The third-order valence-electron chi connectivity index (χ3n) is 0.879. The molecule has 27 nitrogen and oxygen atoms in total. The van der Waals surface area contributed by atoms with E-state index in [1.807, 2.05) is 0 Å². The van der Waals surface area contributed by atoms with Crippen molar-refractivity contribution in [2.45, 2.75) is 26.1 Å². The monoisotopic (exact) mass is 790 g/mol. The highest BCUT2D eigenvalue weighted by atomic mass is 31.2. The second-order valence-electron chi connectivity index (χ2n) is 4.32. The van der Waals surface area contributed by atoms with Gasteiger partial charge in [0.1, 0.15) is 0 Å². The number of rotatable bonds is 4. The smallest absolute Gasteiger partial charge is 0.324 e. The van der Waals surface area contributed by atoms with E-state index in [4.69, 9.17) is 132 Å². The molecule has 0 rings (SSSR count). The fourth-order valence-corrected chi connectivity index (χ4v) is 0.356. The summed E-state index contributed by atoms with van der Waals surface area (Å²) in [5.41, 5.74) is 0. The van der Waals surface area contributed by atoms with Gasteiger partial charge in [0.05, 0.1) is 25.4 Å². The maximum absolute atomic E-state index is 8.69. The van der Waals surface area contributed by atoms with Gasteiger partial charge in [0.25, 0.3) is 0 Å². The highest BCUT2D eigenvalue weighted by molar-refractivity contribution is 7.39. The molecule has 0 aliphatic heterocycles. The lowest BCUT2D eigenvalue weighted by atomic mass is 10.4. The molecule has 0 amide bonds. The molecule has 0 aromatic heterocycles. The number of ether oxygens (including phenoxy) is 1. The quantitative estimate of drug-likeness (QED) is 0.118. The summed E-state index contributed by atoms with van der Waals surface area (Å²) < 4.78 is 4.95. The van der Waals surface area contributed by atoms with E-state index < -0.39 is 74.9 Å². The van der Waals surface area contributed by atoms with Crippen LogP contribution in [0.1, 0.15) is 13.8 Å². The number of aliphatic hydroxyl groups is 2. The summed E-state index contributed by atoms with van der Waals surface area (Å²) in [6.07, 6.45) is -0.612. The molecule has 0 saturated carbocycles. The van der Waals surface area contributed by atoms with Crippen LogP contribution in [-0.4, -0.2) is 153 Å². The topological polar surface area (TPSA) is 535 Å². The zero-order valence-corrected chi connectivity index (χ0v) is 27.3. The van der Waals surface area contributed by atoms with Crippen molar-refractivity contribution in [3.05, 3.63) is 0 Å². The number of aliphatic hydroxyl groups excluding tert-OH is 2. The molecule has 264 valence electrons. The van der Waals surface area contributed by atoms with Gasteiger partial charge < -0.3 is 132 Å². The average Bonchev–Trinajstić information content (AvgIpc) is 2.62. The summed E-state index contributed by atoms with van der Waals surface area (Å²) in [7, 11) is -21.0. The Morgan fingerprint density at radius 2 is 0.512 bits per heavy atom. The second-order valence-corrected chi connectivity index (χ2v) is 8.62. The van der Waals surface area contributed by atoms with Crippen LogP contribution >= 0.6 is 68.8 Å². The molecule has 0 saturated heterocycles. The largest absolute Gasteiger partial charge is 0.394 e. The fraction of sp³-hybridized carbons (Fsp3) is 1.00. The van der Waals surface area contributed by atoms with Crippen molar-refractivity contribution in [3.63, 3.8) is 0 Å². The number of hydrogen-bond acceptors (Lipinski definition) is 27. The Kier molecular flexibility index (Phi) is 93.2. The van der Waals surface area contributed by atoms with Crippen LogP contribution in [0, 0.1) is 0 Å². The average molecular weight is 790 g/mol. The predicted octanol–water partition coefficient (Wildman–Crippen LogP) is -6.71. The minimum absolute atomic E-state index is 0.00667. The van der Waals surface area contributed by atoms with Gasteiger partial charge in [-0.1, -0.05) is 0 Å². The molecule has 0 aliphatic rings. The van der Waals surface area contributed by atoms with Crippen LogP contribution in [-0.2, 0) is 4.74 Å². The van der Waals surface area contributed by atoms with Gasteiger partial charge in [0.2, 0.25) is 0 Å². The van der Waals surface area contributed by atoms with Gasteiger partial charge in [0.15, 0.2) is 0 Å². The second kappa shape index (κ2) is 58.0. The first-order chi connectivity index (χ1) is 18.0. The van der Waals surface area contributed by atoms with Crippen molar-refractivity contribution in [2.24, 2.45) is 0 Å². The summed E-state index contributed by atoms with van der Waals surface area (Å²) in [6.45, 7) is 3.70. The molecule has 0 fully saturated rings. The Morgan fingerprint density at radius 3 is 0.585 bits per heavy atom. The van der Waals surface area contributed by atoms with E-state index in [0.717, 1.165) is 0 Å². The lowest BCUT2D eigenvalue weighted by Crippen LogP contribution is -2.19. The van der Waals surface area contributed by atoms with E-state index in [2.05, 4.69) is 0 Å². The van der Waals surface area contributed by atoms with Crippen molar-refractivity contribution >= 4 is 68.8 Å². The van der Waals surface area contributed by atoms with E-state index >= 15 is 0 Å².